The molecule has 0 amide bonds. The molecule has 0 aliphatic rings. The summed E-state index contributed by atoms with van der Waals surface area (Å²) in [6.07, 6.45) is 5.15. The van der Waals surface area contributed by atoms with E-state index in [0.717, 1.165) is 19.5 Å². The second kappa shape index (κ2) is 10.0. The van der Waals surface area contributed by atoms with Crippen LogP contribution < -0.4 is 5.32 Å². The molecular weight excluding hydrogens is 214 g/mol. The standard InChI is InChI=1S/C14H21NO2/c1-16-13-17-11-7-3-6-10-15-12-14-8-4-2-5-9-14/h2-5,7-9,15H,6,10-13H2,1H3/b7-3-. The summed E-state index contributed by atoms with van der Waals surface area (Å²) in [5.74, 6) is 0. The molecule has 0 aliphatic heterocycles. The summed E-state index contributed by atoms with van der Waals surface area (Å²) in [6, 6.07) is 10.4. The average Bonchev–Trinajstić information content (AvgIpc) is 2.38. The molecule has 0 bridgehead atoms. The van der Waals surface area contributed by atoms with Crippen LogP contribution in [0.3, 0.4) is 0 Å². The Morgan fingerprint density at radius 3 is 2.76 bits per heavy atom. The van der Waals surface area contributed by atoms with Gasteiger partial charge in [0.25, 0.3) is 0 Å². The van der Waals surface area contributed by atoms with Gasteiger partial charge >= 0.3 is 0 Å². The molecule has 1 aromatic rings. The second-order valence-electron chi connectivity index (χ2n) is 3.70. The Morgan fingerprint density at radius 1 is 1.18 bits per heavy atom. The molecule has 0 saturated heterocycles. The molecule has 0 fully saturated rings. The van der Waals surface area contributed by atoms with Gasteiger partial charge in [0.2, 0.25) is 0 Å². The van der Waals surface area contributed by atoms with Gasteiger partial charge in [0.1, 0.15) is 6.79 Å². The minimum atomic E-state index is 0.358. The molecule has 0 aliphatic carbocycles. The normalized spacial score (nSPS) is 11.1. The lowest BCUT2D eigenvalue weighted by Gasteiger charge is -2.02. The predicted molar refractivity (Wildman–Crippen MR) is 69.7 cm³/mol. The highest BCUT2D eigenvalue weighted by Gasteiger charge is 1.88. The first-order valence-corrected chi connectivity index (χ1v) is 5.90. The van der Waals surface area contributed by atoms with Gasteiger partial charge in [0.05, 0.1) is 6.61 Å². The van der Waals surface area contributed by atoms with Crippen LogP contribution in [0.2, 0.25) is 0 Å². The van der Waals surface area contributed by atoms with E-state index in [4.69, 9.17) is 9.47 Å². The van der Waals surface area contributed by atoms with E-state index < -0.39 is 0 Å². The molecule has 0 saturated carbocycles. The fourth-order valence-corrected chi connectivity index (χ4v) is 1.40. The van der Waals surface area contributed by atoms with Gasteiger partial charge in [0.15, 0.2) is 0 Å². The fraction of sp³-hybridized carbons (Fsp3) is 0.429. The minimum absolute atomic E-state index is 0.358. The van der Waals surface area contributed by atoms with Gasteiger partial charge in [-0.15, -0.1) is 0 Å². The average molecular weight is 235 g/mol. The van der Waals surface area contributed by atoms with E-state index in [1.165, 1.54) is 5.56 Å². The zero-order valence-electron chi connectivity index (χ0n) is 10.4. The molecule has 0 radical (unpaired) electrons. The van der Waals surface area contributed by atoms with Crippen LogP contribution in [-0.4, -0.2) is 27.1 Å². The molecule has 1 rings (SSSR count). The monoisotopic (exact) mass is 235 g/mol. The maximum Gasteiger partial charge on any atom is 0.146 e. The van der Waals surface area contributed by atoms with Crippen molar-refractivity contribution in [3.63, 3.8) is 0 Å². The molecule has 0 unspecified atom stereocenters. The third-order valence-corrected chi connectivity index (χ3v) is 2.24. The Balaban J connectivity index is 1.94. The second-order valence-corrected chi connectivity index (χ2v) is 3.70. The number of hydrogen-bond donors (Lipinski definition) is 1. The first-order chi connectivity index (χ1) is 8.43. The van der Waals surface area contributed by atoms with E-state index in [9.17, 15) is 0 Å². The lowest BCUT2D eigenvalue weighted by Crippen LogP contribution is -2.13. The van der Waals surface area contributed by atoms with Crippen LogP contribution in [-0.2, 0) is 16.0 Å². The largest absolute Gasteiger partial charge is 0.359 e. The smallest absolute Gasteiger partial charge is 0.146 e. The molecule has 0 heterocycles. The van der Waals surface area contributed by atoms with E-state index >= 15 is 0 Å². The molecule has 0 atom stereocenters. The highest BCUT2D eigenvalue weighted by molar-refractivity contribution is 5.14. The van der Waals surface area contributed by atoms with E-state index in [2.05, 4.69) is 35.7 Å². The van der Waals surface area contributed by atoms with Crippen molar-refractivity contribution < 1.29 is 9.47 Å². The van der Waals surface area contributed by atoms with Crippen molar-refractivity contribution in [2.75, 3.05) is 27.1 Å². The van der Waals surface area contributed by atoms with Crippen molar-refractivity contribution in [3.8, 4) is 0 Å². The fourth-order valence-electron chi connectivity index (χ4n) is 1.40. The molecule has 94 valence electrons. The van der Waals surface area contributed by atoms with Crippen LogP contribution in [0, 0.1) is 0 Å². The maximum atomic E-state index is 5.13. The molecule has 3 nitrogen and oxygen atoms in total. The van der Waals surface area contributed by atoms with Crippen molar-refractivity contribution in [1.82, 2.24) is 5.32 Å². The third kappa shape index (κ3) is 7.69. The van der Waals surface area contributed by atoms with Gasteiger partial charge in [-0.25, -0.2) is 0 Å². The number of benzene rings is 1. The SMILES string of the molecule is COCOC/C=C\CCNCc1ccccc1. The summed E-state index contributed by atoms with van der Waals surface area (Å²) in [7, 11) is 1.62. The highest BCUT2D eigenvalue weighted by Crippen LogP contribution is 1.96. The zero-order valence-corrected chi connectivity index (χ0v) is 10.4. The van der Waals surface area contributed by atoms with Crippen LogP contribution in [0.1, 0.15) is 12.0 Å². The van der Waals surface area contributed by atoms with Crippen molar-refractivity contribution >= 4 is 0 Å². The van der Waals surface area contributed by atoms with E-state index in [0.29, 0.717) is 13.4 Å². The molecular formula is C14H21NO2. The Bertz CT molecular complexity index is 298. The Kier molecular flexibility index (Phi) is 8.20. The first-order valence-electron chi connectivity index (χ1n) is 5.90. The Hall–Kier alpha value is -1.16. The van der Waals surface area contributed by atoms with Gasteiger partial charge in [-0.05, 0) is 18.5 Å². The lowest BCUT2D eigenvalue weighted by atomic mass is 10.2. The van der Waals surface area contributed by atoms with Crippen LogP contribution in [0.4, 0.5) is 0 Å². The van der Waals surface area contributed by atoms with E-state index in [1.54, 1.807) is 7.11 Å². The molecule has 1 N–H and O–H groups in total. The van der Waals surface area contributed by atoms with Crippen molar-refractivity contribution in [2.24, 2.45) is 0 Å². The lowest BCUT2D eigenvalue weighted by molar-refractivity contribution is -0.0186. The minimum Gasteiger partial charge on any atom is -0.359 e. The third-order valence-electron chi connectivity index (χ3n) is 2.24. The predicted octanol–water partition coefficient (Wildman–Crippen LogP) is 2.34. The molecule has 0 aromatic heterocycles. The Labute approximate surface area is 103 Å². The van der Waals surface area contributed by atoms with Gasteiger partial charge in [-0.2, -0.15) is 0 Å². The molecule has 1 aromatic carbocycles. The van der Waals surface area contributed by atoms with Gasteiger partial charge < -0.3 is 14.8 Å². The summed E-state index contributed by atoms with van der Waals surface area (Å²) in [6.45, 7) is 2.88. The van der Waals surface area contributed by atoms with Crippen LogP contribution in [0.15, 0.2) is 42.5 Å². The summed E-state index contributed by atoms with van der Waals surface area (Å²) in [5.41, 5.74) is 1.32. The zero-order chi connectivity index (χ0) is 12.2. The number of nitrogens with one attached hydrogen (secondary N) is 1. The first kappa shape index (κ1) is 13.9. The van der Waals surface area contributed by atoms with Crippen LogP contribution in [0.5, 0.6) is 0 Å². The van der Waals surface area contributed by atoms with Gasteiger partial charge in [0, 0.05) is 13.7 Å². The molecule has 3 heteroatoms. The number of rotatable bonds is 9. The summed E-state index contributed by atoms with van der Waals surface area (Å²) in [4.78, 5) is 0. The summed E-state index contributed by atoms with van der Waals surface area (Å²) < 4.78 is 9.90. The Morgan fingerprint density at radius 2 is 2.00 bits per heavy atom. The number of hydrogen-bond acceptors (Lipinski definition) is 3. The topological polar surface area (TPSA) is 30.5 Å². The summed E-state index contributed by atoms with van der Waals surface area (Å²) in [5, 5.41) is 3.39. The molecule has 17 heavy (non-hydrogen) atoms. The summed E-state index contributed by atoms with van der Waals surface area (Å²) >= 11 is 0. The maximum absolute atomic E-state index is 5.13. The van der Waals surface area contributed by atoms with Crippen molar-refractivity contribution in [2.45, 2.75) is 13.0 Å². The quantitative estimate of drug-likeness (QED) is 0.405. The van der Waals surface area contributed by atoms with Gasteiger partial charge in [-0.1, -0.05) is 42.5 Å². The van der Waals surface area contributed by atoms with E-state index in [-0.39, 0.29) is 0 Å². The van der Waals surface area contributed by atoms with Gasteiger partial charge in [-0.3, -0.25) is 0 Å². The number of ether oxygens (including phenoxy) is 2. The number of methoxy groups -OCH3 is 1. The van der Waals surface area contributed by atoms with E-state index in [1.807, 2.05) is 12.1 Å². The van der Waals surface area contributed by atoms with Crippen LogP contribution in [0.25, 0.3) is 0 Å². The van der Waals surface area contributed by atoms with Crippen molar-refractivity contribution in [3.05, 3.63) is 48.0 Å². The molecule has 0 spiro atoms. The van der Waals surface area contributed by atoms with Crippen molar-refractivity contribution in [1.29, 1.82) is 0 Å². The highest BCUT2D eigenvalue weighted by atomic mass is 16.7. The van der Waals surface area contributed by atoms with Crippen LogP contribution >= 0.6 is 0 Å².